The van der Waals surface area contributed by atoms with Gasteiger partial charge in [-0.05, 0) is 31.9 Å². The fourth-order valence-electron chi connectivity index (χ4n) is 3.41. The van der Waals surface area contributed by atoms with Crippen molar-refractivity contribution < 1.29 is 4.74 Å². The second-order valence-corrected chi connectivity index (χ2v) is 5.44. The van der Waals surface area contributed by atoms with Crippen LogP contribution >= 0.6 is 0 Å². The van der Waals surface area contributed by atoms with Gasteiger partial charge in [-0.25, -0.2) is 0 Å². The van der Waals surface area contributed by atoms with Crippen LogP contribution in [0.25, 0.3) is 0 Å². The van der Waals surface area contributed by atoms with Crippen LogP contribution in [0.5, 0.6) is 0 Å². The maximum atomic E-state index is 9.06. The first-order valence-corrected chi connectivity index (χ1v) is 6.66. The zero-order valence-corrected chi connectivity index (χ0v) is 10.7. The van der Waals surface area contributed by atoms with E-state index in [-0.39, 0.29) is 5.60 Å². The van der Waals surface area contributed by atoms with E-state index in [1.54, 1.807) is 6.08 Å². The summed E-state index contributed by atoms with van der Waals surface area (Å²) in [4.78, 5) is 2.11. The van der Waals surface area contributed by atoms with E-state index in [1.165, 1.54) is 19.3 Å². The fourth-order valence-corrected chi connectivity index (χ4v) is 3.41. The van der Waals surface area contributed by atoms with E-state index < -0.39 is 5.72 Å². The third-order valence-corrected chi connectivity index (χ3v) is 4.22. The first-order valence-electron chi connectivity index (χ1n) is 6.66. The van der Waals surface area contributed by atoms with Crippen molar-refractivity contribution in [1.82, 2.24) is 4.90 Å². The topological polar surface area (TPSA) is 36.3 Å². The van der Waals surface area contributed by atoms with Gasteiger partial charge in [-0.2, -0.15) is 5.26 Å². The Labute approximate surface area is 108 Å². The second kappa shape index (κ2) is 4.00. The van der Waals surface area contributed by atoms with E-state index >= 15 is 0 Å². The van der Waals surface area contributed by atoms with Crippen molar-refractivity contribution >= 4 is 0 Å². The lowest BCUT2D eigenvalue weighted by Crippen LogP contribution is -2.37. The van der Waals surface area contributed by atoms with E-state index in [4.69, 9.17) is 10.00 Å². The van der Waals surface area contributed by atoms with Crippen molar-refractivity contribution in [3.05, 3.63) is 36.2 Å². The van der Waals surface area contributed by atoms with Crippen LogP contribution in [0.4, 0.5) is 0 Å². The van der Waals surface area contributed by atoms with Gasteiger partial charge < -0.3 is 9.64 Å². The van der Waals surface area contributed by atoms with Crippen molar-refractivity contribution in [2.24, 2.45) is 0 Å². The number of ether oxygens (including phenoxy) is 1. The average molecular weight is 242 g/mol. The van der Waals surface area contributed by atoms with E-state index in [9.17, 15) is 0 Å². The molecule has 2 fully saturated rings. The second-order valence-electron chi connectivity index (χ2n) is 5.44. The summed E-state index contributed by atoms with van der Waals surface area (Å²) in [6, 6.07) is 2.19. The van der Waals surface area contributed by atoms with Crippen LogP contribution in [0.15, 0.2) is 36.2 Å². The minimum absolute atomic E-state index is 0.248. The van der Waals surface area contributed by atoms with Crippen molar-refractivity contribution in [3.8, 4) is 6.07 Å². The molecule has 1 saturated carbocycles. The summed E-state index contributed by atoms with van der Waals surface area (Å²) < 4.78 is 6.41. The molecular formula is C15H18N2O. The minimum Gasteiger partial charge on any atom is -0.339 e. The molecular weight excluding hydrogens is 224 g/mol. The normalized spacial score (nSPS) is 34.9. The average Bonchev–Trinajstić information content (AvgIpc) is 2.60. The first kappa shape index (κ1) is 11.6. The summed E-state index contributed by atoms with van der Waals surface area (Å²) in [7, 11) is 0. The van der Waals surface area contributed by atoms with Crippen molar-refractivity contribution in [2.75, 3.05) is 0 Å². The first-order chi connectivity index (χ1) is 8.70. The summed E-state index contributed by atoms with van der Waals surface area (Å²) in [6.45, 7) is 2.07. The summed E-state index contributed by atoms with van der Waals surface area (Å²) in [5.74, 6) is 0. The van der Waals surface area contributed by atoms with Gasteiger partial charge in [-0.1, -0.05) is 25.3 Å². The Morgan fingerprint density at radius 1 is 1.33 bits per heavy atom. The Kier molecular flexibility index (Phi) is 2.57. The van der Waals surface area contributed by atoms with Gasteiger partial charge in [0, 0.05) is 12.3 Å². The van der Waals surface area contributed by atoms with Crippen molar-refractivity contribution in [3.63, 3.8) is 0 Å². The Balaban J connectivity index is 2.06. The van der Waals surface area contributed by atoms with Crippen molar-refractivity contribution in [2.45, 2.75) is 50.4 Å². The molecule has 0 amide bonds. The molecule has 3 heteroatoms. The SMILES string of the molecule is CC12C=CC=CN1/C(=C\C#N)C1(CCCCC1)O2. The van der Waals surface area contributed by atoms with Crippen LogP contribution in [0, 0.1) is 11.3 Å². The lowest BCUT2D eigenvalue weighted by molar-refractivity contribution is -0.103. The van der Waals surface area contributed by atoms with Gasteiger partial charge in [0.2, 0.25) is 0 Å². The van der Waals surface area contributed by atoms with Gasteiger partial charge in [0.1, 0.15) is 5.60 Å². The number of hydrogen-bond acceptors (Lipinski definition) is 3. The molecule has 3 rings (SSSR count). The number of nitriles is 1. The van der Waals surface area contributed by atoms with Crippen LogP contribution < -0.4 is 0 Å². The van der Waals surface area contributed by atoms with Crippen LogP contribution in [0.3, 0.4) is 0 Å². The molecule has 1 saturated heterocycles. The monoisotopic (exact) mass is 242 g/mol. The van der Waals surface area contributed by atoms with Gasteiger partial charge in [0.15, 0.2) is 5.72 Å². The molecule has 2 heterocycles. The highest BCUT2D eigenvalue weighted by atomic mass is 16.6. The lowest BCUT2D eigenvalue weighted by atomic mass is 9.82. The molecule has 3 aliphatic rings. The standard InChI is InChI=1S/C15H18N2O/c1-14-8-5-6-12-17(14)13(7-11-16)15(18-14)9-3-2-4-10-15/h5-8,12H,2-4,9-10H2,1H3/b13-7-. The lowest BCUT2D eigenvalue weighted by Gasteiger charge is -2.33. The van der Waals surface area contributed by atoms with Gasteiger partial charge in [-0.15, -0.1) is 0 Å². The van der Waals surface area contributed by atoms with Gasteiger partial charge in [0.05, 0.1) is 11.8 Å². The number of hydrogen-bond donors (Lipinski definition) is 0. The van der Waals surface area contributed by atoms with Gasteiger partial charge in [-0.3, -0.25) is 0 Å². The Morgan fingerprint density at radius 2 is 2.11 bits per heavy atom. The largest absolute Gasteiger partial charge is 0.339 e. The molecule has 0 aromatic carbocycles. The predicted molar refractivity (Wildman–Crippen MR) is 69.1 cm³/mol. The molecule has 1 aliphatic carbocycles. The molecule has 1 spiro atoms. The zero-order chi connectivity index (χ0) is 12.6. The molecule has 94 valence electrons. The van der Waals surface area contributed by atoms with Crippen molar-refractivity contribution in [1.29, 1.82) is 5.26 Å². The molecule has 0 bridgehead atoms. The summed E-state index contributed by atoms with van der Waals surface area (Å²) in [6.07, 6.45) is 15.4. The fraction of sp³-hybridized carbons (Fsp3) is 0.533. The van der Waals surface area contributed by atoms with Crippen LogP contribution in [0.2, 0.25) is 0 Å². The number of rotatable bonds is 0. The third kappa shape index (κ3) is 1.53. The molecule has 18 heavy (non-hydrogen) atoms. The number of allylic oxidation sites excluding steroid dienone is 3. The summed E-state index contributed by atoms with van der Waals surface area (Å²) in [5, 5.41) is 9.06. The predicted octanol–water partition coefficient (Wildman–Crippen LogP) is 3.23. The van der Waals surface area contributed by atoms with Gasteiger partial charge >= 0.3 is 0 Å². The zero-order valence-electron chi connectivity index (χ0n) is 10.7. The third-order valence-electron chi connectivity index (χ3n) is 4.22. The van der Waals surface area contributed by atoms with E-state index in [0.29, 0.717) is 0 Å². The highest BCUT2D eigenvalue weighted by Gasteiger charge is 2.54. The molecule has 1 atom stereocenters. The van der Waals surface area contributed by atoms with Crippen LogP contribution in [0.1, 0.15) is 39.0 Å². The highest BCUT2D eigenvalue weighted by Crippen LogP contribution is 2.51. The summed E-state index contributed by atoms with van der Waals surface area (Å²) in [5.41, 5.74) is 0.365. The molecule has 1 unspecified atom stereocenters. The number of fused-ring (bicyclic) bond motifs is 1. The molecule has 0 radical (unpaired) electrons. The van der Waals surface area contributed by atoms with Gasteiger partial charge in [0.25, 0.3) is 0 Å². The molecule has 0 aromatic rings. The van der Waals surface area contributed by atoms with Crippen LogP contribution in [-0.4, -0.2) is 16.2 Å². The molecule has 0 N–H and O–H groups in total. The molecule has 2 aliphatic heterocycles. The number of nitrogens with zero attached hydrogens (tertiary/aromatic N) is 2. The maximum Gasteiger partial charge on any atom is 0.162 e. The van der Waals surface area contributed by atoms with E-state index in [1.807, 2.05) is 18.4 Å². The quantitative estimate of drug-likeness (QED) is 0.612. The molecule has 3 nitrogen and oxygen atoms in total. The maximum absolute atomic E-state index is 9.06. The Hall–Kier alpha value is -1.53. The van der Waals surface area contributed by atoms with E-state index in [2.05, 4.69) is 24.0 Å². The highest BCUT2D eigenvalue weighted by molar-refractivity contribution is 5.35. The summed E-state index contributed by atoms with van der Waals surface area (Å²) >= 11 is 0. The smallest absolute Gasteiger partial charge is 0.162 e. The van der Waals surface area contributed by atoms with E-state index in [0.717, 1.165) is 18.5 Å². The molecule has 0 aromatic heterocycles. The Bertz CT molecular complexity index is 477. The van der Waals surface area contributed by atoms with Crippen LogP contribution in [-0.2, 0) is 4.74 Å². The minimum atomic E-state index is -0.422. The Morgan fingerprint density at radius 3 is 2.83 bits per heavy atom.